The quantitative estimate of drug-likeness (QED) is 0.757. The second kappa shape index (κ2) is 5.33. The third-order valence-corrected chi connectivity index (χ3v) is 4.44. The molecule has 4 heteroatoms. The molecular weight excluding hydrogens is 260 g/mol. The number of pyridine rings is 1. The molecule has 0 fully saturated rings. The largest absolute Gasteiger partial charge is 0.379 e. The second-order valence-electron chi connectivity index (χ2n) is 3.87. The van der Waals surface area contributed by atoms with Crippen molar-refractivity contribution in [2.45, 2.75) is 6.54 Å². The minimum atomic E-state index is 0.849. The van der Waals surface area contributed by atoms with Crippen molar-refractivity contribution in [2.24, 2.45) is 0 Å². The Morgan fingerprint density at radius 1 is 1.17 bits per heavy atom. The van der Waals surface area contributed by atoms with Gasteiger partial charge >= 0.3 is 0 Å². The normalized spacial score (nSPS) is 10.4. The summed E-state index contributed by atoms with van der Waals surface area (Å²) in [6.07, 6.45) is 3.62. The van der Waals surface area contributed by atoms with Gasteiger partial charge in [-0.05, 0) is 35.0 Å². The maximum absolute atomic E-state index is 4.09. The smallest absolute Gasteiger partial charge is 0.0529 e. The van der Waals surface area contributed by atoms with Gasteiger partial charge in [0.15, 0.2) is 0 Å². The molecule has 0 radical (unpaired) electrons. The predicted molar refractivity (Wildman–Crippen MR) is 79.2 cm³/mol. The molecule has 0 aromatic carbocycles. The first-order valence-corrected chi connectivity index (χ1v) is 7.43. The predicted octanol–water partition coefficient (Wildman–Crippen LogP) is 4.48. The molecule has 0 amide bonds. The van der Waals surface area contributed by atoms with Gasteiger partial charge in [-0.2, -0.15) is 0 Å². The van der Waals surface area contributed by atoms with E-state index >= 15 is 0 Å². The highest BCUT2D eigenvalue weighted by atomic mass is 32.1. The number of hydrogen-bond acceptors (Lipinski definition) is 4. The van der Waals surface area contributed by atoms with Crippen LogP contribution in [-0.4, -0.2) is 4.98 Å². The monoisotopic (exact) mass is 272 g/mol. The van der Waals surface area contributed by atoms with Crippen molar-refractivity contribution in [3.8, 4) is 10.4 Å². The maximum Gasteiger partial charge on any atom is 0.0529 e. The van der Waals surface area contributed by atoms with E-state index in [9.17, 15) is 0 Å². The Kier molecular flexibility index (Phi) is 3.39. The van der Waals surface area contributed by atoms with E-state index in [0.717, 1.165) is 12.2 Å². The van der Waals surface area contributed by atoms with Crippen LogP contribution in [0.1, 0.15) is 4.88 Å². The summed E-state index contributed by atoms with van der Waals surface area (Å²) < 4.78 is 0. The van der Waals surface area contributed by atoms with Gasteiger partial charge in [-0.15, -0.1) is 22.7 Å². The molecule has 0 saturated carbocycles. The molecule has 3 aromatic heterocycles. The number of thiophene rings is 2. The minimum Gasteiger partial charge on any atom is -0.379 e. The van der Waals surface area contributed by atoms with Gasteiger partial charge in [-0.25, -0.2) is 0 Å². The third-order valence-electron chi connectivity index (χ3n) is 2.59. The van der Waals surface area contributed by atoms with Gasteiger partial charge in [0.1, 0.15) is 0 Å². The van der Waals surface area contributed by atoms with Gasteiger partial charge in [0.25, 0.3) is 0 Å². The van der Waals surface area contributed by atoms with E-state index < -0.39 is 0 Å². The number of aromatic nitrogens is 1. The van der Waals surface area contributed by atoms with E-state index in [1.165, 1.54) is 15.3 Å². The fourth-order valence-electron chi connectivity index (χ4n) is 1.70. The molecule has 0 aliphatic carbocycles. The van der Waals surface area contributed by atoms with Crippen LogP contribution in [0.3, 0.4) is 0 Å². The Balaban J connectivity index is 1.68. The second-order valence-corrected chi connectivity index (χ2v) is 5.82. The molecule has 0 unspecified atom stereocenters. The number of nitrogens with zero attached hydrogens (tertiary/aromatic N) is 1. The van der Waals surface area contributed by atoms with Crippen molar-refractivity contribution in [2.75, 3.05) is 5.32 Å². The standard InChI is InChI=1S/C14H12N2S2/c1-3-12(8-15-5-1)16-9-13-7-11(10-18-13)14-4-2-6-17-14/h1-8,10,16H,9H2. The molecule has 3 heterocycles. The first-order chi connectivity index (χ1) is 8.92. The van der Waals surface area contributed by atoms with Crippen molar-refractivity contribution < 1.29 is 0 Å². The van der Waals surface area contributed by atoms with Crippen LogP contribution >= 0.6 is 22.7 Å². The average molecular weight is 272 g/mol. The van der Waals surface area contributed by atoms with Crippen molar-refractivity contribution in [1.29, 1.82) is 0 Å². The Hall–Kier alpha value is -1.65. The van der Waals surface area contributed by atoms with Gasteiger partial charge < -0.3 is 5.32 Å². The van der Waals surface area contributed by atoms with Crippen LogP contribution in [0.4, 0.5) is 5.69 Å². The molecule has 0 spiro atoms. The Labute approximate surface area is 114 Å². The topological polar surface area (TPSA) is 24.9 Å². The first kappa shape index (κ1) is 11.4. The van der Waals surface area contributed by atoms with Crippen LogP contribution in [0.25, 0.3) is 10.4 Å². The lowest BCUT2D eigenvalue weighted by Gasteiger charge is -2.02. The van der Waals surface area contributed by atoms with Gasteiger partial charge in [0.2, 0.25) is 0 Å². The SMILES string of the molecule is c1cncc(NCc2cc(-c3cccs3)cs2)c1. The van der Waals surface area contributed by atoms with Crippen molar-refractivity contribution in [3.05, 3.63) is 58.4 Å². The number of rotatable bonds is 4. The summed E-state index contributed by atoms with van der Waals surface area (Å²) in [5, 5.41) is 7.70. The third kappa shape index (κ3) is 2.60. The van der Waals surface area contributed by atoms with Gasteiger partial charge in [-0.3, -0.25) is 4.98 Å². The Bertz CT molecular complexity index is 600. The summed E-state index contributed by atoms with van der Waals surface area (Å²) in [4.78, 5) is 6.75. The summed E-state index contributed by atoms with van der Waals surface area (Å²) in [6.45, 7) is 0.849. The van der Waals surface area contributed by atoms with Crippen molar-refractivity contribution in [3.63, 3.8) is 0 Å². The van der Waals surface area contributed by atoms with E-state index in [2.05, 4.69) is 39.3 Å². The van der Waals surface area contributed by atoms with E-state index in [1.54, 1.807) is 28.9 Å². The summed E-state index contributed by atoms with van der Waals surface area (Å²) in [6, 6.07) is 10.5. The lowest BCUT2D eigenvalue weighted by molar-refractivity contribution is 1.17. The summed E-state index contributed by atoms with van der Waals surface area (Å²) >= 11 is 3.57. The zero-order chi connectivity index (χ0) is 12.2. The minimum absolute atomic E-state index is 0.849. The van der Waals surface area contributed by atoms with Crippen LogP contribution < -0.4 is 5.32 Å². The van der Waals surface area contributed by atoms with E-state index in [4.69, 9.17) is 0 Å². The molecule has 18 heavy (non-hydrogen) atoms. The van der Waals surface area contributed by atoms with Crippen LogP contribution in [0.5, 0.6) is 0 Å². The van der Waals surface area contributed by atoms with E-state index in [0.29, 0.717) is 0 Å². The molecule has 0 bridgehead atoms. The summed E-state index contributed by atoms with van der Waals surface area (Å²) in [5.41, 5.74) is 2.38. The zero-order valence-electron chi connectivity index (χ0n) is 9.67. The zero-order valence-corrected chi connectivity index (χ0v) is 11.3. The van der Waals surface area contributed by atoms with Gasteiger partial charge in [-0.1, -0.05) is 6.07 Å². The summed E-state index contributed by atoms with van der Waals surface area (Å²) in [7, 11) is 0. The van der Waals surface area contributed by atoms with Crippen LogP contribution in [0, 0.1) is 0 Å². The molecule has 3 aromatic rings. The van der Waals surface area contributed by atoms with E-state index in [-0.39, 0.29) is 0 Å². The number of anilines is 1. The lowest BCUT2D eigenvalue weighted by atomic mass is 10.2. The number of hydrogen-bond donors (Lipinski definition) is 1. The fourth-order valence-corrected chi connectivity index (χ4v) is 3.32. The highest BCUT2D eigenvalue weighted by Crippen LogP contribution is 2.29. The Morgan fingerprint density at radius 3 is 2.94 bits per heavy atom. The molecule has 0 aliphatic rings. The highest BCUT2D eigenvalue weighted by Gasteiger charge is 2.03. The van der Waals surface area contributed by atoms with Gasteiger partial charge in [0, 0.05) is 34.3 Å². The van der Waals surface area contributed by atoms with E-state index in [1.807, 2.05) is 18.3 Å². The fraction of sp³-hybridized carbons (Fsp3) is 0.0714. The average Bonchev–Trinajstić information content (AvgIpc) is 3.08. The molecular formula is C14H12N2S2. The molecule has 0 aliphatic heterocycles. The van der Waals surface area contributed by atoms with Gasteiger partial charge in [0.05, 0.1) is 5.69 Å². The molecule has 0 saturated heterocycles. The summed E-state index contributed by atoms with van der Waals surface area (Å²) in [5.74, 6) is 0. The van der Waals surface area contributed by atoms with Crippen molar-refractivity contribution >= 4 is 28.4 Å². The first-order valence-electron chi connectivity index (χ1n) is 5.67. The molecule has 3 rings (SSSR count). The van der Waals surface area contributed by atoms with Crippen LogP contribution in [0.15, 0.2) is 53.5 Å². The molecule has 90 valence electrons. The molecule has 1 N–H and O–H groups in total. The van der Waals surface area contributed by atoms with Crippen molar-refractivity contribution in [1.82, 2.24) is 4.98 Å². The highest BCUT2D eigenvalue weighted by molar-refractivity contribution is 7.14. The maximum atomic E-state index is 4.09. The lowest BCUT2D eigenvalue weighted by Crippen LogP contribution is -1.97. The Morgan fingerprint density at radius 2 is 2.17 bits per heavy atom. The molecule has 0 atom stereocenters. The number of nitrogens with one attached hydrogen (secondary N) is 1. The van der Waals surface area contributed by atoms with Crippen LogP contribution in [0.2, 0.25) is 0 Å². The van der Waals surface area contributed by atoms with Crippen LogP contribution in [-0.2, 0) is 6.54 Å². The molecule has 2 nitrogen and oxygen atoms in total.